The highest BCUT2D eigenvalue weighted by Crippen LogP contribution is 2.22. The third-order valence-corrected chi connectivity index (χ3v) is 2.54. The van der Waals surface area contributed by atoms with Gasteiger partial charge in [0.15, 0.2) is 0 Å². The second-order valence-electron chi connectivity index (χ2n) is 4.02. The van der Waals surface area contributed by atoms with Crippen LogP contribution in [0.2, 0.25) is 0 Å². The molecule has 0 amide bonds. The Labute approximate surface area is 100 Å². The molecule has 0 aliphatic rings. The number of nitrogens with two attached hydrogens (primary N) is 1. The van der Waals surface area contributed by atoms with Crippen LogP contribution in [0, 0.1) is 0 Å². The zero-order valence-corrected chi connectivity index (χ0v) is 9.80. The number of nitrogen functional groups attached to an aromatic ring is 1. The SMILES string of the molecule is C[n+]1ccn(CCNc2ccc(O)cc2N)c1. The smallest absolute Gasteiger partial charge is 0.243 e. The second-order valence-corrected chi connectivity index (χ2v) is 4.02. The Morgan fingerprint density at radius 2 is 2.29 bits per heavy atom. The summed E-state index contributed by atoms with van der Waals surface area (Å²) in [7, 11) is 1.99. The summed E-state index contributed by atoms with van der Waals surface area (Å²) < 4.78 is 4.08. The minimum absolute atomic E-state index is 0.186. The van der Waals surface area contributed by atoms with Gasteiger partial charge in [-0.1, -0.05) is 0 Å². The van der Waals surface area contributed by atoms with Gasteiger partial charge in [0.2, 0.25) is 6.33 Å². The van der Waals surface area contributed by atoms with Crippen molar-refractivity contribution in [3.8, 4) is 5.75 Å². The van der Waals surface area contributed by atoms with E-state index in [-0.39, 0.29) is 5.75 Å². The number of aromatic hydroxyl groups is 1. The Morgan fingerprint density at radius 3 is 2.94 bits per heavy atom. The molecule has 90 valence electrons. The molecule has 0 unspecified atom stereocenters. The Balaban J connectivity index is 1.90. The lowest BCUT2D eigenvalue weighted by Gasteiger charge is -2.08. The van der Waals surface area contributed by atoms with E-state index >= 15 is 0 Å². The first-order valence-corrected chi connectivity index (χ1v) is 5.48. The highest BCUT2D eigenvalue weighted by molar-refractivity contribution is 5.67. The number of hydrogen-bond donors (Lipinski definition) is 3. The maximum atomic E-state index is 9.23. The van der Waals surface area contributed by atoms with Gasteiger partial charge in [-0.3, -0.25) is 0 Å². The molecule has 0 radical (unpaired) electrons. The monoisotopic (exact) mass is 233 g/mol. The quantitative estimate of drug-likeness (QED) is 0.414. The predicted molar refractivity (Wildman–Crippen MR) is 66.6 cm³/mol. The van der Waals surface area contributed by atoms with E-state index in [4.69, 9.17) is 5.73 Å². The van der Waals surface area contributed by atoms with Gasteiger partial charge in [0.1, 0.15) is 24.7 Å². The molecule has 0 bridgehead atoms. The number of phenols is 1. The highest BCUT2D eigenvalue weighted by atomic mass is 16.3. The van der Waals surface area contributed by atoms with Crippen molar-refractivity contribution in [2.45, 2.75) is 6.54 Å². The first kappa shape index (κ1) is 11.3. The molecule has 0 atom stereocenters. The third kappa shape index (κ3) is 2.90. The molecule has 0 aliphatic carbocycles. The molecule has 5 heteroatoms. The predicted octanol–water partition coefficient (Wildman–Crippen LogP) is 0.712. The zero-order valence-electron chi connectivity index (χ0n) is 9.80. The normalized spacial score (nSPS) is 10.4. The van der Waals surface area contributed by atoms with Crippen LogP contribution in [0.3, 0.4) is 0 Å². The average Bonchev–Trinajstić information content (AvgIpc) is 2.68. The lowest BCUT2D eigenvalue weighted by Crippen LogP contribution is -2.24. The van der Waals surface area contributed by atoms with Crippen LogP contribution in [0.25, 0.3) is 0 Å². The molecule has 1 aromatic heterocycles. The topological polar surface area (TPSA) is 67.1 Å². The number of rotatable bonds is 4. The van der Waals surface area contributed by atoms with E-state index in [9.17, 15) is 5.11 Å². The average molecular weight is 233 g/mol. The maximum Gasteiger partial charge on any atom is 0.243 e. The van der Waals surface area contributed by atoms with Crippen LogP contribution in [0.4, 0.5) is 11.4 Å². The van der Waals surface area contributed by atoms with Gasteiger partial charge in [0.25, 0.3) is 0 Å². The first-order chi connectivity index (χ1) is 8.15. The van der Waals surface area contributed by atoms with Gasteiger partial charge in [-0.25, -0.2) is 9.13 Å². The Bertz CT molecular complexity index is 507. The summed E-state index contributed by atoms with van der Waals surface area (Å²) in [5.41, 5.74) is 7.18. The van der Waals surface area contributed by atoms with Gasteiger partial charge >= 0.3 is 0 Å². The van der Waals surface area contributed by atoms with E-state index in [0.717, 1.165) is 18.8 Å². The van der Waals surface area contributed by atoms with Crippen molar-refractivity contribution >= 4 is 11.4 Å². The van der Waals surface area contributed by atoms with Crippen molar-refractivity contribution in [2.75, 3.05) is 17.6 Å². The molecular formula is C12H17N4O+. The molecular weight excluding hydrogens is 216 g/mol. The molecule has 4 N–H and O–H groups in total. The zero-order chi connectivity index (χ0) is 12.3. The van der Waals surface area contributed by atoms with E-state index in [2.05, 4.69) is 9.88 Å². The Kier molecular flexibility index (Phi) is 3.18. The number of aromatic nitrogens is 2. The van der Waals surface area contributed by atoms with Crippen molar-refractivity contribution in [3.05, 3.63) is 36.9 Å². The summed E-state index contributed by atoms with van der Waals surface area (Å²) >= 11 is 0. The largest absolute Gasteiger partial charge is 0.508 e. The fraction of sp³-hybridized carbons (Fsp3) is 0.250. The molecule has 0 saturated heterocycles. The number of anilines is 2. The highest BCUT2D eigenvalue weighted by Gasteiger charge is 2.02. The first-order valence-electron chi connectivity index (χ1n) is 5.48. The van der Waals surface area contributed by atoms with Gasteiger partial charge in [0.05, 0.1) is 25.0 Å². The van der Waals surface area contributed by atoms with Crippen LogP contribution in [0.15, 0.2) is 36.9 Å². The Hall–Kier alpha value is -2.17. The minimum atomic E-state index is 0.186. The molecule has 2 rings (SSSR count). The third-order valence-electron chi connectivity index (χ3n) is 2.54. The molecule has 5 nitrogen and oxygen atoms in total. The number of hydrogen-bond acceptors (Lipinski definition) is 3. The molecule has 0 aliphatic heterocycles. The number of aryl methyl sites for hydroxylation is 1. The number of imidazole rings is 1. The van der Waals surface area contributed by atoms with Crippen LogP contribution in [-0.2, 0) is 13.6 Å². The summed E-state index contributed by atoms with van der Waals surface area (Å²) in [5, 5.41) is 12.5. The van der Waals surface area contributed by atoms with Crippen LogP contribution < -0.4 is 15.6 Å². The van der Waals surface area contributed by atoms with E-state index in [1.54, 1.807) is 12.1 Å². The van der Waals surface area contributed by atoms with E-state index in [1.807, 2.05) is 30.3 Å². The van der Waals surface area contributed by atoms with Gasteiger partial charge < -0.3 is 16.2 Å². The fourth-order valence-corrected chi connectivity index (χ4v) is 1.66. The van der Waals surface area contributed by atoms with E-state index in [1.165, 1.54) is 6.07 Å². The van der Waals surface area contributed by atoms with Gasteiger partial charge in [-0.15, -0.1) is 0 Å². The number of nitrogens with zero attached hydrogens (tertiary/aromatic N) is 2. The van der Waals surface area contributed by atoms with E-state index < -0.39 is 0 Å². The fourth-order valence-electron chi connectivity index (χ4n) is 1.66. The maximum absolute atomic E-state index is 9.23. The number of phenolic OH excluding ortho intramolecular Hbond substituents is 1. The van der Waals surface area contributed by atoms with Crippen LogP contribution in [0.5, 0.6) is 5.75 Å². The van der Waals surface area contributed by atoms with Crippen LogP contribution >= 0.6 is 0 Å². The summed E-state index contributed by atoms with van der Waals surface area (Å²) in [4.78, 5) is 0. The summed E-state index contributed by atoms with van der Waals surface area (Å²) in [6.45, 7) is 1.64. The Morgan fingerprint density at radius 1 is 1.47 bits per heavy atom. The van der Waals surface area contributed by atoms with Gasteiger partial charge in [-0.05, 0) is 12.1 Å². The van der Waals surface area contributed by atoms with Crippen LogP contribution in [0.1, 0.15) is 0 Å². The molecule has 0 spiro atoms. The van der Waals surface area contributed by atoms with Crippen molar-refractivity contribution in [1.29, 1.82) is 0 Å². The molecule has 1 aromatic carbocycles. The molecule has 0 saturated carbocycles. The minimum Gasteiger partial charge on any atom is -0.508 e. The summed E-state index contributed by atoms with van der Waals surface area (Å²) in [6, 6.07) is 4.94. The van der Waals surface area contributed by atoms with Crippen molar-refractivity contribution in [3.63, 3.8) is 0 Å². The lowest BCUT2D eigenvalue weighted by molar-refractivity contribution is -0.671. The van der Waals surface area contributed by atoms with Gasteiger partial charge in [-0.2, -0.15) is 0 Å². The molecule has 1 heterocycles. The van der Waals surface area contributed by atoms with Gasteiger partial charge in [0, 0.05) is 6.07 Å². The number of benzene rings is 1. The second kappa shape index (κ2) is 4.78. The van der Waals surface area contributed by atoms with Crippen molar-refractivity contribution in [1.82, 2.24) is 4.57 Å². The van der Waals surface area contributed by atoms with E-state index in [0.29, 0.717) is 5.69 Å². The van der Waals surface area contributed by atoms with Crippen LogP contribution in [-0.4, -0.2) is 16.2 Å². The van der Waals surface area contributed by atoms with Crippen molar-refractivity contribution < 1.29 is 9.67 Å². The summed E-state index contributed by atoms with van der Waals surface area (Å²) in [5.74, 6) is 0.186. The lowest BCUT2D eigenvalue weighted by atomic mass is 10.2. The standard InChI is InChI=1S/C12H16N4O/c1-15-6-7-16(9-15)5-4-14-12-3-2-10(17)8-11(12)13/h2-3,6-9,14H,4-5,13H2,1H3/p+1. The van der Waals surface area contributed by atoms with Crippen molar-refractivity contribution in [2.24, 2.45) is 7.05 Å². The molecule has 0 fully saturated rings. The molecule has 2 aromatic rings. The summed E-state index contributed by atoms with van der Waals surface area (Å²) in [6.07, 6.45) is 6.03. The number of nitrogens with one attached hydrogen (secondary N) is 1. The molecule has 17 heavy (non-hydrogen) atoms.